The molecule has 3 N–H and O–H groups in total. The molecule has 2 aliphatic rings. The second kappa shape index (κ2) is 10.3. The molecule has 8 nitrogen and oxygen atoms in total. The van der Waals surface area contributed by atoms with E-state index >= 15 is 0 Å². The Balaban J connectivity index is 1.87. The lowest BCUT2D eigenvalue weighted by molar-refractivity contribution is -0.142. The predicted molar refractivity (Wildman–Crippen MR) is 133 cm³/mol. The summed E-state index contributed by atoms with van der Waals surface area (Å²) in [6.07, 6.45) is -4.90. The second-order valence-corrected chi connectivity index (χ2v) is 9.75. The number of nitrogens with zero attached hydrogens (tertiary/aromatic N) is 2. The van der Waals surface area contributed by atoms with Crippen molar-refractivity contribution in [3.63, 3.8) is 0 Å². The number of anilines is 1. The third-order valence-electron chi connectivity index (χ3n) is 6.10. The Morgan fingerprint density at radius 1 is 1.16 bits per heavy atom. The summed E-state index contributed by atoms with van der Waals surface area (Å²) in [5, 5.41) is 11.9. The second-order valence-electron chi connectivity index (χ2n) is 8.56. The molecule has 196 valence electrons. The van der Waals surface area contributed by atoms with Gasteiger partial charge in [-0.2, -0.15) is 18.4 Å². The molecule has 38 heavy (non-hydrogen) atoms. The molecule has 2 amide bonds. The fourth-order valence-electron chi connectivity index (χ4n) is 4.18. The van der Waals surface area contributed by atoms with Crippen LogP contribution in [0.15, 0.2) is 70.5 Å². The Morgan fingerprint density at radius 3 is 2.34 bits per heavy atom. The molecule has 0 saturated carbocycles. The fraction of sp³-hybridized carbons (Fsp3) is 0.231. The molecule has 0 spiro atoms. The van der Waals surface area contributed by atoms with Gasteiger partial charge in [-0.1, -0.05) is 41.6 Å². The van der Waals surface area contributed by atoms with E-state index in [0.717, 1.165) is 34.4 Å². The van der Waals surface area contributed by atoms with Crippen molar-refractivity contribution in [2.24, 2.45) is 5.73 Å². The molecule has 1 saturated heterocycles. The van der Waals surface area contributed by atoms with Crippen molar-refractivity contribution in [1.82, 2.24) is 4.90 Å². The van der Waals surface area contributed by atoms with Crippen LogP contribution in [0.1, 0.15) is 29.0 Å². The van der Waals surface area contributed by atoms with E-state index in [1.807, 2.05) is 13.0 Å². The van der Waals surface area contributed by atoms with E-state index in [1.54, 1.807) is 24.3 Å². The maximum atomic E-state index is 13.7. The zero-order valence-corrected chi connectivity index (χ0v) is 20.9. The summed E-state index contributed by atoms with van der Waals surface area (Å²) in [6.45, 7) is 1.87. The molecule has 2 aliphatic heterocycles. The number of methoxy groups -OCH3 is 1. The van der Waals surface area contributed by atoms with E-state index in [0.29, 0.717) is 5.69 Å². The number of fused-ring (bicyclic) bond motifs is 1. The molecule has 1 fully saturated rings. The van der Waals surface area contributed by atoms with Gasteiger partial charge in [0.15, 0.2) is 0 Å². The van der Waals surface area contributed by atoms with Crippen molar-refractivity contribution >= 4 is 35.2 Å². The molecular formula is C26H21F3N4O4S. The van der Waals surface area contributed by atoms with E-state index < -0.39 is 40.7 Å². The van der Waals surface area contributed by atoms with Crippen LogP contribution in [0, 0.1) is 18.3 Å². The number of alkyl halides is 3. The molecule has 0 radical (unpaired) electrons. The van der Waals surface area contributed by atoms with E-state index in [1.165, 1.54) is 19.2 Å². The van der Waals surface area contributed by atoms with Crippen molar-refractivity contribution in [3.05, 3.63) is 87.2 Å². The van der Waals surface area contributed by atoms with Crippen LogP contribution in [-0.4, -0.2) is 35.0 Å². The Labute approximate surface area is 219 Å². The number of benzene rings is 2. The van der Waals surface area contributed by atoms with Crippen LogP contribution >= 0.6 is 11.8 Å². The van der Waals surface area contributed by atoms with Crippen LogP contribution in [0.25, 0.3) is 0 Å². The Kier molecular flexibility index (Phi) is 7.24. The average molecular weight is 543 g/mol. The smallest absolute Gasteiger partial charge is 0.416 e. The van der Waals surface area contributed by atoms with E-state index in [4.69, 9.17) is 5.73 Å². The third-order valence-corrected chi connectivity index (χ3v) is 7.38. The highest BCUT2D eigenvalue weighted by atomic mass is 32.2. The molecule has 4 rings (SSSR count). The topological polar surface area (TPSA) is 126 Å². The predicted octanol–water partition coefficient (Wildman–Crippen LogP) is 4.16. The maximum Gasteiger partial charge on any atom is 0.416 e. The highest BCUT2D eigenvalue weighted by molar-refractivity contribution is 8.04. The van der Waals surface area contributed by atoms with Gasteiger partial charge in [-0.15, -0.1) is 0 Å². The van der Waals surface area contributed by atoms with Crippen LogP contribution < -0.4 is 11.1 Å². The summed E-state index contributed by atoms with van der Waals surface area (Å²) >= 11 is 0.909. The number of carbonyl (C=O) groups excluding carboxylic acids is 3. The summed E-state index contributed by atoms with van der Waals surface area (Å²) in [4.78, 5) is 39.8. The molecule has 2 aromatic carbocycles. The first-order chi connectivity index (χ1) is 18.0. The van der Waals surface area contributed by atoms with Gasteiger partial charge in [-0.3, -0.25) is 19.3 Å². The molecule has 0 unspecified atom stereocenters. The normalized spacial score (nSPS) is 19.3. The number of halogens is 3. The molecule has 0 aliphatic carbocycles. The quantitative estimate of drug-likeness (QED) is 0.544. The molecular weight excluding hydrogens is 521 g/mol. The standard InChI is InChI=1S/C26H21F3N4O4S/c1-13-3-9-16(10-4-13)32-23(35)21-20(14-5-7-15(8-6-14)26(27,28)29)17(12-30)22(31)33-24(36)18(38-25(21)33)11-19(34)37-2/h3-10,18,20H,11,31H2,1-2H3,(H,32,35)/t18-,20-/m1/s1. The summed E-state index contributed by atoms with van der Waals surface area (Å²) in [6, 6.07) is 12.8. The number of hydrogen-bond donors (Lipinski definition) is 2. The van der Waals surface area contributed by atoms with Crippen LogP contribution in [0.4, 0.5) is 18.9 Å². The van der Waals surface area contributed by atoms with Gasteiger partial charge in [-0.25, -0.2) is 0 Å². The number of nitriles is 1. The molecule has 2 aromatic rings. The average Bonchev–Trinajstić information content (AvgIpc) is 3.20. The largest absolute Gasteiger partial charge is 0.469 e. The fourth-order valence-corrected chi connectivity index (χ4v) is 5.50. The maximum absolute atomic E-state index is 13.7. The lowest BCUT2D eigenvalue weighted by Gasteiger charge is -2.32. The number of aryl methyl sites for hydroxylation is 1. The third kappa shape index (κ3) is 4.97. The van der Waals surface area contributed by atoms with E-state index in [9.17, 15) is 32.8 Å². The van der Waals surface area contributed by atoms with Gasteiger partial charge in [0, 0.05) is 5.69 Å². The Morgan fingerprint density at radius 2 is 1.79 bits per heavy atom. The molecule has 2 heterocycles. The van der Waals surface area contributed by atoms with Gasteiger partial charge in [0.25, 0.3) is 5.91 Å². The number of thioether (sulfide) groups is 1. The molecule has 0 bridgehead atoms. The number of ether oxygens (including phenoxy) is 1. The van der Waals surface area contributed by atoms with Crippen LogP contribution in [0.5, 0.6) is 0 Å². The summed E-state index contributed by atoms with van der Waals surface area (Å²) in [7, 11) is 1.17. The Bertz CT molecular complexity index is 1410. The summed E-state index contributed by atoms with van der Waals surface area (Å²) < 4.78 is 44.3. The minimum absolute atomic E-state index is 0.0539. The van der Waals surface area contributed by atoms with Gasteiger partial charge in [0.1, 0.15) is 11.1 Å². The molecule has 12 heteroatoms. The number of nitrogens with one attached hydrogen (secondary N) is 1. The Hall–Kier alpha value is -4.24. The number of hydrogen-bond acceptors (Lipinski definition) is 7. The first-order valence-corrected chi connectivity index (χ1v) is 12.1. The lowest BCUT2D eigenvalue weighted by atomic mass is 9.82. The summed E-state index contributed by atoms with van der Waals surface area (Å²) in [5.74, 6) is -3.39. The number of nitrogens with two attached hydrogens (primary N) is 1. The van der Waals surface area contributed by atoms with E-state index in [-0.39, 0.29) is 34.0 Å². The number of allylic oxidation sites excluding steroid dienone is 1. The number of carbonyl (C=O) groups is 3. The van der Waals surface area contributed by atoms with Crippen molar-refractivity contribution in [1.29, 1.82) is 5.26 Å². The van der Waals surface area contributed by atoms with Gasteiger partial charge < -0.3 is 15.8 Å². The first kappa shape index (κ1) is 26.8. The lowest BCUT2D eigenvalue weighted by Crippen LogP contribution is -2.39. The molecule has 2 atom stereocenters. The minimum Gasteiger partial charge on any atom is -0.469 e. The van der Waals surface area contributed by atoms with Crippen molar-refractivity contribution in [3.8, 4) is 6.07 Å². The highest BCUT2D eigenvalue weighted by Crippen LogP contribution is 2.50. The van der Waals surface area contributed by atoms with Gasteiger partial charge in [0.2, 0.25) is 5.91 Å². The van der Waals surface area contributed by atoms with Gasteiger partial charge in [-0.05, 0) is 36.8 Å². The number of amides is 2. The zero-order valence-electron chi connectivity index (χ0n) is 20.1. The van der Waals surface area contributed by atoms with Crippen LogP contribution in [0.3, 0.4) is 0 Å². The first-order valence-electron chi connectivity index (χ1n) is 11.2. The van der Waals surface area contributed by atoms with Crippen LogP contribution in [0.2, 0.25) is 0 Å². The van der Waals surface area contributed by atoms with Crippen molar-refractivity contribution in [2.75, 3.05) is 12.4 Å². The van der Waals surface area contributed by atoms with Gasteiger partial charge >= 0.3 is 12.1 Å². The number of rotatable bonds is 5. The van der Waals surface area contributed by atoms with Crippen LogP contribution in [-0.2, 0) is 25.3 Å². The summed E-state index contributed by atoms with van der Waals surface area (Å²) in [5.41, 5.74) is 6.66. The zero-order chi connectivity index (χ0) is 27.8. The van der Waals surface area contributed by atoms with Gasteiger partial charge in [0.05, 0.1) is 47.3 Å². The number of esters is 1. The van der Waals surface area contributed by atoms with Crippen molar-refractivity contribution < 1.29 is 32.3 Å². The monoisotopic (exact) mass is 542 g/mol. The molecule has 0 aromatic heterocycles. The highest BCUT2D eigenvalue weighted by Gasteiger charge is 2.48. The van der Waals surface area contributed by atoms with E-state index in [2.05, 4.69) is 10.1 Å². The minimum atomic E-state index is -4.59. The van der Waals surface area contributed by atoms with Crippen molar-refractivity contribution in [2.45, 2.75) is 30.7 Å². The SMILES string of the molecule is COC(=O)C[C@H]1SC2=C(C(=O)Nc3ccc(C)cc3)[C@H](c3ccc(C(F)(F)F)cc3)C(C#N)=C(N)N2C1=O.